The molecular weight excluding hydrogens is 426 g/mol. The molecule has 2 aromatic rings. The Hall–Kier alpha value is -2.29. The lowest BCUT2D eigenvalue weighted by Gasteiger charge is -2.39. The summed E-state index contributed by atoms with van der Waals surface area (Å²) >= 11 is 0. The van der Waals surface area contributed by atoms with Crippen LogP contribution in [0.2, 0.25) is 0 Å². The van der Waals surface area contributed by atoms with E-state index in [2.05, 4.69) is 7.05 Å². The van der Waals surface area contributed by atoms with E-state index in [0.717, 1.165) is 43.0 Å². The van der Waals surface area contributed by atoms with Gasteiger partial charge in [0.25, 0.3) is 11.6 Å². The van der Waals surface area contributed by atoms with Crippen LogP contribution >= 0.6 is 0 Å². The number of para-hydroxylation sites is 1. The molecule has 150 valence electrons. The van der Waals surface area contributed by atoms with Gasteiger partial charge in [-0.05, 0) is 24.3 Å². The highest BCUT2D eigenvalue weighted by atomic mass is 79.9. The number of morpholine rings is 1. The minimum absolute atomic E-state index is 0. The van der Waals surface area contributed by atoms with Crippen LogP contribution in [0.3, 0.4) is 0 Å². The molecule has 0 saturated carbocycles. The quantitative estimate of drug-likeness (QED) is 0.345. The van der Waals surface area contributed by atoms with Gasteiger partial charge in [-0.1, -0.05) is 18.2 Å². The highest BCUT2D eigenvalue weighted by Crippen LogP contribution is 2.20. The normalized spacial score (nSPS) is 15.3. The maximum Gasteiger partial charge on any atom is 0.269 e. The van der Waals surface area contributed by atoms with Crippen LogP contribution in [-0.2, 0) is 4.74 Å². The van der Waals surface area contributed by atoms with Gasteiger partial charge in [0.2, 0.25) is 0 Å². The number of ether oxygens (including phenoxy) is 1. The lowest BCUT2D eigenvalue weighted by molar-refractivity contribution is -0.915. The predicted octanol–water partition coefficient (Wildman–Crippen LogP) is -0.278. The van der Waals surface area contributed by atoms with E-state index in [4.69, 9.17) is 4.74 Å². The van der Waals surface area contributed by atoms with Gasteiger partial charge in [-0.15, -0.1) is 0 Å². The number of nitro benzene ring substituents is 1. The Balaban J connectivity index is 0.00000280. The van der Waals surface area contributed by atoms with Gasteiger partial charge < -0.3 is 31.1 Å². The van der Waals surface area contributed by atoms with Crippen molar-refractivity contribution in [1.82, 2.24) is 0 Å². The number of likely N-dealkylation sites (N-methyl/N-ethyl adjacent to an activating group) is 1. The first-order valence-electron chi connectivity index (χ1n) is 9.01. The number of halogens is 1. The summed E-state index contributed by atoms with van der Waals surface area (Å²) in [4.78, 5) is 25.3. The smallest absolute Gasteiger partial charge is 0.269 e. The summed E-state index contributed by atoms with van der Waals surface area (Å²) in [5.41, 5.74) is 1.24. The Morgan fingerprint density at radius 3 is 2.29 bits per heavy atom. The lowest BCUT2D eigenvalue weighted by Crippen LogP contribution is -3.00. The van der Waals surface area contributed by atoms with Crippen molar-refractivity contribution in [2.24, 2.45) is 0 Å². The molecule has 0 N–H and O–H groups in total. The zero-order valence-electron chi connectivity index (χ0n) is 15.8. The monoisotopic (exact) mass is 449 g/mol. The van der Waals surface area contributed by atoms with Crippen LogP contribution in [-0.4, -0.2) is 61.8 Å². The molecule has 1 aliphatic heterocycles. The van der Waals surface area contributed by atoms with E-state index in [9.17, 15) is 14.9 Å². The maximum absolute atomic E-state index is 13.1. The molecule has 0 unspecified atom stereocenters. The molecule has 1 amide bonds. The van der Waals surface area contributed by atoms with Crippen molar-refractivity contribution in [1.29, 1.82) is 0 Å². The number of carbonyl (C=O) groups is 1. The van der Waals surface area contributed by atoms with Crippen LogP contribution in [0.1, 0.15) is 10.4 Å². The molecule has 0 aliphatic carbocycles. The Labute approximate surface area is 175 Å². The van der Waals surface area contributed by atoms with Gasteiger partial charge in [0, 0.05) is 23.4 Å². The van der Waals surface area contributed by atoms with Gasteiger partial charge >= 0.3 is 0 Å². The summed E-state index contributed by atoms with van der Waals surface area (Å²) in [5.74, 6) is -0.157. The molecule has 0 bridgehead atoms. The average molecular weight is 450 g/mol. The second kappa shape index (κ2) is 9.77. The minimum Gasteiger partial charge on any atom is -1.00 e. The summed E-state index contributed by atoms with van der Waals surface area (Å²) in [6.07, 6.45) is 0. The average Bonchev–Trinajstić information content (AvgIpc) is 2.69. The number of nitro groups is 1. The molecule has 1 saturated heterocycles. The van der Waals surface area contributed by atoms with Crippen LogP contribution in [0.5, 0.6) is 0 Å². The number of hydrogen-bond donors (Lipinski definition) is 0. The SMILES string of the molecule is C[N+]1(CCN(C(=O)c2ccc([N+](=O)[O-])cc2)c2ccccc2)CCOCC1.[Br-]. The summed E-state index contributed by atoms with van der Waals surface area (Å²) in [6.45, 7) is 4.70. The lowest BCUT2D eigenvalue weighted by atomic mass is 10.1. The van der Waals surface area contributed by atoms with Gasteiger partial charge in [-0.2, -0.15) is 0 Å². The number of carbonyl (C=O) groups excluding carboxylic acids is 1. The fourth-order valence-corrected chi connectivity index (χ4v) is 3.19. The van der Waals surface area contributed by atoms with Crippen LogP contribution in [0.15, 0.2) is 54.6 Å². The maximum atomic E-state index is 13.1. The van der Waals surface area contributed by atoms with Crippen LogP contribution in [0, 0.1) is 10.1 Å². The number of hydrogen-bond acceptors (Lipinski definition) is 4. The molecule has 7 nitrogen and oxygen atoms in total. The van der Waals surface area contributed by atoms with E-state index in [1.807, 2.05) is 30.3 Å². The van der Waals surface area contributed by atoms with Crippen molar-refractivity contribution < 1.29 is 35.9 Å². The van der Waals surface area contributed by atoms with Crippen molar-refractivity contribution in [3.05, 3.63) is 70.3 Å². The van der Waals surface area contributed by atoms with Gasteiger partial charge in [-0.25, -0.2) is 0 Å². The molecule has 28 heavy (non-hydrogen) atoms. The Bertz CT molecular complexity index is 793. The molecule has 1 aliphatic rings. The molecule has 2 aromatic carbocycles. The fraction of sp³-hybridized carbons (Fsp3) is 0.350. The summed E-state index contributed by atoms with van der Waals surface area (Å²) in [7, 11) is 2.18. The number of quaternary nitrogens is 1. The molecule has 0 spiro atoms. The zero-order chi connectivity index (χ0) is 19.3. The fourth-order valence-electron chi connectivity index (χ4n) is 3.19. The molecule has 0 radical (unpaired) electrons. The number of nitrogens with zero attached hydrogens (tertiary/aromatic N) is 3. The summed E-state index contributed by atoms with van der Waals surface area (Å²) in [6, 6.07) is 15.3. The van der Waals surface area contributed by atoms with Crippen LogP contribution in [0.4, 0.5) is 11.4 Å². The van der Waals surface area contributed by atoms with Crippen molar-refractivity contribution >= 4 is 17.3 Å². The van der Waals surface area contributed by atoms with Gasteiger partial charge in [0.1, 0.15) is 13.1 Å². The summed E-state index contributed by atoms with van der Waals surface area (Å²) in [5, 5.41) is 10.8. The summed E-state index contributed by atoms with van der Waals surface area (Å²) < 4.78 is 6.31. The Morgan fingerprint density at radius 1 is 1.11 bits per heavy atom. The number of amides is 1. The first-order valence-corrected chi connectivity index (χ1v) is 9.01. The third kappa shape index (κ3) is 5.37. The van der Waals surface area contributed by atoms with Gasteiger partial charge in [0.05, 0.1) is 38.3 Å². The largest absolute Gasteiger partial charge is 1.00 e. The Morgan fingerprint density at radius 2 is 1.71 bits per heavy atom. The third-order valence-electron chi connectivity index (χ3n) is 5.05. The standard InChI is InChI=1S/C20H24N3O4.BrH/c1-23(13-15-27-16-14-23)12-11-21(18-5-3-2-4-6-18)20(24)17-7-9-19(10-8-17)22(25)26;/h2-10H,11-16H2,1H3;1H/q+1;/p-1. The second-order valence-electron chi connectivity index (χ2n) is 7.00. The second-order valence-corrected chi connectivity index (χ2v) is 7.00. The van der Waals surface area contributed by atoms with Crippen molar-refractivity contribution in [3.8, 4) is 0 Å². The zero-order valence-corrected chi connectivity index (χ0v) is 17.4. The third-order valence-corrected chi connectivity index (χ3v) is 5.05. The molecule has 3 rings (SSSR count). The van der Waals surface area contributed by atoms with Crippen LogP contribution < -0.4 is 21.9 Å². The van der Waals surface area contributed by atoms with E-state index in [1.165, 1.54) is 24.3 Å². The van der Waals surface area contributed by atoms with Crippen LogP contribution in [0.25, 0.3) is 0 Å². The number of benzene rings is 2. The number of anilines is 1. The van der Waals surface area contributed by atoms with Gasteiger partial charge in [-0.3, -0.25) is 14.9 Å². The molecule has 8 heteroatoms. The van der Waals surface area contributed by atoms with E-state index in [1.54, 1.807) is 4.90 Å². The van der Waals surface area contributed by atoms with Crippen molar-refractivity contribution in [2.75, 3.05) is 51.3 Å². The first kappa shape index (κ1) is 22.0. The minimum atomic E-state index is -0.466. The molecule has 0 atom stereocenters. The van der Waals surface area contributed by atoms with E-state index >= 15 is 0 Å². The molecular formula is C20H24BrN3O4. The van der Waals surface area contributed by atoms with E-state index in [-0.39, 0.29) is 28.6 Å². The number of non-ortho nitro benzene ring substituents is 1. The van der Waals surface area contributed by atoms with Gasteiger partial charge in [0.15, 0.2) is 0 Å². The Kier molecular flexibility index (Phi) is 7.68. The predicted molar refractivity (Wildman–Crippen MR) is 103 cm³/mol. The van der Waals surface area contributed by atoms with Crippen molar-refractivity contribution in [3.63, 3.8) is 0 Å². The number of rotatable bonds is 6. The molecule has 0 aromatic heterocycles. The topological polar surface area (TPSA) is 72.7 Å². The molecule has 1 fully saturated rings. The van der Waals surface area contributed by atoms with E-state index in [0.29, 0.717) is 12.1 Å². The van der Waals surface area contributed by atoms with E-state index < -0.39 is 4.92 Å². The highest BCUT2D eigenvalue weighted by molar-refractivity contribution is 6.06. The highest BCUT2D eigenvalue weighted by Gasteiger charge is 2.28. The molecule has 1 heterocycles. The first-order chi connectivity index (χ1) is 13.0. The van der Waals surface area contributed by atoms with Crippen molar-refractivity contribution in [2.45, 2.75) is 0 Å².